The van der Waals surface area contributed by atoms with E-state index >= 15 is 0 Å². The Hall–Kier alpha value is -0.640. The predicted octanol–water partition coefficient (Wildman–Crippen LogP) is 3.03. The maximum absolute atomic E-state index is 13.2. The molecule has 0 radical (unpaired) electrons. The molecular weight excluding hydrogens is 253 g/mol. The van der Waals surface area contributed by atoms with Crippen LogP contribution in [0, 0.1) is 11.7 Å². The summed E-state index contributed by atoms with van der Waals surface area (Å²) in [6.45, 7) is 2.85. The van der Waals surface area contributed by atoms with Gasteiger partial charge in [-0.05, 0) is 50.6 Å². The van der Waals surface area contributed by atoms with Gasteiger partial charge in [0.05, 0.1) is 12.7 Å². The summed E-state index contributed by atoms with van der Waals surface area (Å²) in [4.78, 5) is 0. The molecule has 1 aromatic rings. The lowest BCUT2D eigenvalue weighted by molar-refractivity contribution is 0.117. The molecule has 1 N–H and O–H groups in total. The van der Waals surface area contributed by atoms with E-state index in [4.69, 9.17) is 16.3 Å². The molecule has 0 aliphatic carbocycles. The van der Waals surface area contributed by atoms with Crippen molar-refractivity contribution in [3.8, 4) is 0 Å². The van der Waals surface area contributed by atoms with E-state index in [0.29, 0.717) is 17.0 Å². The van der Waals surface area contributed by atoms with E-state index in [1.165, 1.54) is 12.1 Å². The number of hydrogen-bond donors (Lipinski definition) is 1. The van der Waals surface area contributed by atoms with Gasteiger partial charge in [-0.2, -0.15) is 0 Å². The molecule has 1 aliphatic heterocycles. The minimum absolute atomic E-state index is 0.236. The normalized spacial score (nSPS) is 25.3. The minimum Gasteiger partial charge on any atom is -0.378 e. The van der Waals surface area contributed by atoms with Crippen LogP contribution in [-0.4, -0.2) is 25.8 Å². The molecule has 18 heavy (non-hydrogen) atoms. The molecular formula is C14H19ClFNO. The van der Waals surface area contributed by atoms with E-state index in [9.17, 15) is 4.39 Å². The summed E-state index contributed by atoms with van der Waals surface area (Å²) < 4.78 is 18.8. The third-order valence-corrected chi connectivity index (χ3v) is 3.99. The van der Waals surface area contributed by atoms with E-state index in [1.807, 2.05) is 7.05 Å². The summed E-state index contributed by atoms with van der Waals surface area (Å²) in [5.74, 6) is 0.227. The average molecular weight is 272 g/mol. The highest BCUT2D eigenvalue weighted by atomic mass is 35.5. The SMILES string of the molecule is CNC(Cc1cc(F)ccc1Cl)C1COC(C)C1. The van der Waals surface area contributed by atoms with Gasteiger partial charge in [-0.3, -0.25) is 0 Å². The zero-order valence-electron chi connectivity index (χ0n) is 10.7. The number of likely N-dealkylation sites (N-methyl/N-ethyl adjacent to an activating group) is 1. The molecule has 1 aromatic carbocycles. The van der Waals surface area contributed by atoms with Gasteiger partial charge in [0.25, 0.3) is 0 Å². The Morgan fingerprint density at radius 1 is 1.56 bits per heavy atom. The summed E-state index contributed by atoms with van der Waals surface area (Å²) in [6.07, 6.45) is 2.08. The summed E-state index contributed by atoms with van der Waals surface area (Å²) in [7, 11) is 1.93. The minimum atomic E-state index is -0.236. The Bertz CT molecular complexity index is 413. The molecule has 0 aromatic heterocycles. The monoisotopic (exact) mass is 271 g/mol. The first-order valence-electron chi connectivity index (χ1n) is 6.33. The fraction of sp³-hybridized carbons (Fsp3) is 0.571. The third kappa shape index (κ3) is 3.22. The smallest absolute Gasteiger partial charge is 0.123 e. The quantitative estimate of drug-likeness (QED) is 0.909. The van der Waals surface area contributed by atoms with Gasteiger partial charge in [0.1, 0.15) is 5.82 Å². The summed E-state index contributed by atoms with van der Waals surface area (Å²) in [5.41, 5.74) is 0.857. The maximum atomic E-state index is 13.2. The third-order valence-electron chi connectivity index (χ3n) is 3.62. The number of nitrogens with one attached hydrogen (secondary N) is 1. The Morgan fingerprint density at radius 3 is 2.94 bits per heavy atom. The van der Waals surface area contributed by atoms with Crippen LogP contribution >= 0.6 is 11.6 Å². The van der Waals surface area contributed by atoms with Gasteiger partial charge in [-0.15, -0.1) is 0 Å². The molecule has 0 amide bonds. The van der Waals surface area contributed by atoms with Gasteiger partial charge in [0.2, 0.25) is 0 Å². The molecule has 0 saturated carbocycles. The summed E-state index contributed by atoms with van der Waals surface area (Å²) in [5, 5.41) is 3.93. The number of hydrogen-bond acceptors (Lipinski definition) is 2. The van der Waals surface area contributed by atoms with Crippen molar-refractivity contribution in [1.82, 2.24) is 5.32 Å². The van der Waals surface area contributed by atoms with Crippen LogP contribution in [0.3, 0.4) is 0 Å². The lowest BCUT2D eigenvalue weighted by Gasteiger charge is -2.22. The standard InChI is InChI=1S/C14H19ClFNO/c1-9-5-11(8-18-9)14(17-2)7-10-6-12(16)3-4-13(10)15/h3-4,6,9,11,14,17H,5,7-8H2,1-2H3. The second kappa shape index (κ2) is 6.00. The first-order chi connectivity index (χ1) is 8.60. The van der Waals surface area contributed by atoms with Crippen molar-refractivity contribution in [3.05, 3.63) is 34.6 Å². The zero-order valence-corrected chi connectivity index (χ0v) is 11.5. The van der Waals surface area contributed by atoms with E-state index in [0.717, 1.165) is 25.0 Å². The Morgan fingerprint density at radius 2 is 2.33 bits per heavy atom. The molecule has 1 aliphatic rings. The van der Waals surface area contributed by atoms with Crippen molar-refractivity contribution >= 4 is 11.6 Å². The van der Waals surface area contributed by atoms with Crippen LogP contribution in [0.2, 0.25) is 5.02 Å². The fourth-order valence-electron chi connectivity index (χ4n) is 2.57. The highest BCUT2D eigenvalue weighted by Gasteiger charge is 2.29. The Balaban J connectivity index is 2.08. The summed E-state index contributed by atoms with van der Waals surface area (Å²) >= 11 is 6.11. The van der Waals surface area contributed by atoms with Crippen molar-refractivity contribution in [1.29, 1.82) is 0 Å². The lowest BCUT2D eigenvalue weighted by Crippen LogP contribution is -2.36. The number of ether oxygens (including phenoxy) is 1. The number of halogens is 2. The van der Waals surface area contributed by atoms with E-state index in [2.05, 4.69) is 12.2 Å². The highest BCUT2D eigenvalue weighted by molar-refractivity contribution is 6.31. The van der Waals surface area contributed by atoms with Crippen LogP contribution in [-0.2, 0) is 11.2 Å². The Kier molecular flexibility index (Phi) is 4.60. The molecule has 2 rings (SSSR count). The van der Waals surface area contributed by atoms with Crippen LogP contribution in [0.1, 0.15) is 18.9 Å². The van der Waals surface area contributed by atoms with Gasteiger partial charge in [0.15, 0.2) is 0 Å². The maximum Gasteiger partial charge on any atom is 0.123 e. The van der Waals surface area contributed by atoms with Crippen molar-refractivity contribution < 1.29 is 9.13 Å². The molecule has 1 fully saturated rings. The van der Waals surface area contributed by atoms with Gasteiger partial charge in [0, 0.05) is 17.0 Å². The number of rotatable bonds is 4. The predicted molar refractivity (Wildman–Crippen MR) is 71.5 cm³/mol. The van der Waals surface area contributed by atoms with Gasteiger partial charge in [-0.25, -0.2) is 4.39 Å². The molecule has 2 nitrogen and oxygen atoms in total. The molecule has 3 atom stereocenters. The van der Waals surface area contributed by atoms with E-state index in [-0.39, 0.29) is 11.9 Å². The number of benzene rings is 1. The van der Waals surface area contributed by atoms with Crippen LogP contribution < -0.4 is 5.32 Å². The van der Waals surface area contributed by atoms with Gasteiger partial charge < -0.3 is 10.1 Å². The second-order valence-corrected chi connectivity index (χ2v) is 5.38. The highest BCUT2D eigenvalue weighted by Crippen LogP contribution is 2.26. The van der Waals surface area contributed by atoms with Crippen LogP contribution in [0.5, 0.6) is 0 Å². The molecule has 1 saturated heterocycles. The Labute approximate surface area is 112 Å². The van der Waals surface area contributed by atoms with Gasteiger partial charge >= 0.3 is 0 Å². The largest absolute Gasteiger partial charge is 0.378 e. The van der Waals surface area contributed by atoms with Crippen molar-refractivity contribution in [2.24, 2.45) is 5.92 Å². The molecule has 3 unspecified atom stereocenters. The van der Waals surface area contributed by atoms with E-state index in [1.54, 1.807) is 6.07 Å². The first kappa shape index (κ1) is 13.8. The van der Waals surface area contributed by atoms with Crippen LogP contribution in [0.25, 0.3) is 0 Å². The second-order valence-electron chi connectivity index (χ2n) is 4.97. The van der Waals surface area contributed by atoms with Crippen molar-refractivity contribution in [2.45, 2.75) is 31.9 Å². The van der Waals surface area contributed by atoms with Crippen LogP contribution in [0.4, 0.5) is 4.39 Å². The topological polar surface area (TPSA) is 21.3 Å². The molecule has 0 spiro atoms. The van der Waals surface area contributed by atoms with Crippen molar-refractivity contribution in [3.63, 3.8) is 0 Å². The zero-order chi connectivity index (χ0) is 13.1. The molecule has 4 heteroatoms. The van der Waals surface area contributed by atoms with Crippen LogP contribution in [0.15, 0.2) is 18.2 Å². The average Bonchev–Trinajstić information content (AvgIpc) is 2.77. The van der Waals surface area contributed by atoms with Gasteiger partial charge in [-0.1, -0.05) is 11.6 Å². The first-order valence-corrected chi connectivity index (χ1v) is 6.70. The molecule has 0 bridgehead atoms. The lowest BCUT2D eigenvalue weighted by atomic mass is 9.91. The van der Waals surface area contributed by atoms with E-state index < -0.39 is 0 Å². The molecule has 100 valence electrons. The summed E-state index contributed by atoms with van der Waals surface area (Å²) in [6, 6.07) is 4.80. The fourth-order valence-corrected chi connectivity index (χ4v) is 2.77. The van der Waals surface area contributed by atoms with Crippen molar-refractivity contribution in [2.75, 3.05) is 13.7 Å². The molecule has 1 heterocycles.